The van der Waals surface area contributed by atoms with E-state index in [1.165, 1.54) is 12.0 Å². The number of hydrogen-bond acceptors (Lipinski definition) is 3. The van der Waals surface area contributed by atoms with Crippen molar-refractivity contribution in [3.63, 3.8) is 0 Å². The van der Waals surface area contributed by atoms with Gasteiger partial charge in [0.05, 0.1) is 7.11 Å². The fourth-order valence-electron chi connectivity index (χ4n) is 1.64. The van der Waals surface area contributed by atoms with Gasteiger partial charge in [-0.15, -0.1) is 0 Å². The van der Waals surface area contributed by atoms with Crippen LogP contribution in [0.3, 0.4) is 0 Å². The lowest BCUT2D eigenvalue weighted by Crippen LogP contribution is -2.27. The number of rotatable bonds is 8. The van der Waals surface area contributed by atoms with Gasteiger partial charge in [0.25, 0.3) is 0 Å². The summed E-state index contributed by atoms with van der Waals surface area (Å²) < 4.78 is 5.13. The topological polar surface area (TPSA) is 24.5 Å². The summed E-state index contributed by atoms with van der Waals surface area (Å²) in [6.07, 6.45) is 2.30. The zero-order valence-corrected chi connectivity index (χ0v) is 11.2. The van der Waals surface area contributed by atoms with Gasteiger partial charge >= 0.3 is 0 Å². The van der Waals surface area contributed by atoms with Crippen molar-refractivity contribution >= 4 is 0 Å². The minimum Gasteiger partial charge on any atom is -0.497 e. The molecule has 0 fully saturated rings. The number of aryl methyl sites for hydroxylation is 1. The van der Waals surface area contributed by atoms with Crippen molar-refractivity contribution in [2.45, 2.75) is 12.8 Å². The van der Waals surface area contributed by atoms with E-state index < -0.39 is 0 Å². The highest BCUT2D eigenvalue weighted by Gasteiger charge is 1.95. The van der Waals surface area contributed by atoms with Crippen LogP contribution in [0, 0.1) is 0 Å². The molecule has 1 N–H and O–H groups in total. The second kappa shape index (κ2) is 8.09. The second-order valence-electron chi connectivity index (χ2n) is 4.50. The molecule has 0 aliphatic carbocycles. The monoisotopic (exact) mass is 236 g/mol. The van der Waals surface area contributed by atoms with E-state index >= 15 is 0 Å². The molecule has 0 aliphatic rings. The largest absolute Gasteiger partial charge is 0.497 e. The molecule has 0 saturated heterocycles. The zero-order chi connectivity index (χ0) is 12.5. The summed E-state index contributed by atoms with van der Waals surface area (Å²) in [7, 11) is 5.89. The third-order valence-corrected chi connectivity index (χ3v) is 2.71. The Kier molecular flexibility index (Phi) is 6.67. The van der Waals surface area contributed by atoms with Gasteiger partial charge in [-0.25, -0.2) is 0 Å². The molecule has 0 radical (unpaired) electrons. The molecule has 1 rings (SSSR count). The number of nitrogens with zero attached hydrogens (tertiary/aromatic N) is 1. The van der Waals surface area contributed by atoms with E-state index in [4.69, 9.17) is 4.74 Å². The van der Waals surface area contributed by atoms with E-state index in [0.717, 1.165) is 31.8 Å². The normalized spacial score (nSPS) is 10.8. The standard InChI is InChI=1S/C14H24N2O/c1-16(2)12-11-15-10-4-5-13-6-8-14(17-3)9-7-13/h6-9,15H,4-5,10-12H2,1-3H3. The Labute approximate surface area is 105 Å². The number of nitrogens with one attached hydrogen (secondary N) is 1. The average Bonchev–Trinajstić information content (AvgIpc) is 2.34. The molecule has 0 atom stereocenters. The van der Waals surface area contributed by atoms with Crippen LogP contribution in [0.1, 0.15) is 12.0 Å². The van der Waals surface area contributed by atoms with Gasteiger partial charge in [0.15, 0.2) is 0 Å². The molecule has 0 saturated carbocycles. The Morgan fingerprint density at radius 2 is 1.82 bits per heavy atom. The molecule has 0 heterocycles. The van der Waals surface area contributed by atoms with Crippen molar-refractivity contribution in [1.82, 2.24) is 10.2 Å². The minimum absolute atomic E-state index is 0.929. The van der Waals surface area contributed by atoms with Gasteiger partial charge in [-0.2, -0.15) is 0 Å². The summed E-state index contributed by atoms with van der Waals surface area (Å²) in [4.78, 5) is 2.19. The first-order valence-corrected chi connectivity index (χ1v) is 6.21. The number of hydrogen-bond donors (Lipinski definition) is 1. The van der Waals surface area contributed by atoms with Gasteiger partial charge in [0.1, 0.15) is 5.75 Å². The van der Waals surface area contributed by atoms with Crippen LogP contribution in [-0.2, 0) is 6.42 Å². The summed E-state index contributed by atoms with van der Waals surface area (Å²) in [5.41, 5.74) is 1.38. The molecule has 0 spiro atoms. The van der Waals surface area contributed by atoms with Crippen molar-refractivity contribution in [1.29, 1.82) is 0 Å². The first kappa shape index (κ1) is 14.0. The van der Waals surface area contributed by atoms with Crippen LogP contribution in [0.4, 0.5) is 0 Å². The van der Waals surface area contributed by atoms with Crippen LogP contribution < -0.4 is 10.1 Å². The van der Waals surface area contributed by atoms with Gasteiger partial charge < -0.3 is 15.0 Å². The number of likely N-dealkylation sites (N-methyl/N-ethyl adjacent to an activating group) is 1. The molecule has 0 unspecified atom stereocenters. The van der Waals surface area contributed by atoms with E-state index in [2.05, 4.69) is 36.4 Å². The van der Waals surface area contributed by atoms with Crippen molar-refractivity contribution in [2.75, 3.05) is 40.8 Å². The molecule has 17 heavy (non-hydrogen) atoms. The van der Waals surface area contributed by atoms with E-state index in [0.29, 0.717) is 0 Å². The molecule has 0 amide bonds. The minimum atomic E-state index is 0.929. The maximum atomic E-state index is 5.13. The van der Waals surface area contributed by atoms with Gasteiger partial charge in [0, 0.05) is 13.1 Å². The number of methoxy groups -OCH3 is 1. The molecule has 3 heteroatoms. The molecule has 3 nitrogen and oxygen atoms in total. The number of benzene rings is 1. The maximum Gasteiger partial charge on any atom is 0.118 e. The Bertz CT molecular complexity index is 296. The second-order valence-corrected chi connectivity index (χ2v) is 4.50. The van der Waals surface area contributed by atoms with Crippen LogP contribution in [0.5, 0.6) is 5.75 Å². The fraction of sp³-hybridized carbons (Fsp3) is 0.571. The first-order chi connectivity index (χ1) is 8.22. The molecule has 0 aliphatic heterocycles. The molecule has 1 aromatic rings. The quantitative estimate of drug-likeness (QED) is 0.696. The summed E-state index contributed by atoms with van der Waals surface area (Å²) >= 11 is 0. The van der Waals surface area contributed by atoms with Crippen molar-refractivity contribution < 1.29 is 4.74 Å². The predicted octanol–water partition coefficient (Wildman–Crippen LogP) is 1.78. The summed E-state index contributed by atoms with van der Waals surface area (Å²) in [6.45, 7) is 3.25. The zero-order valence-electron chi connectivity index (χ0n) is 11.2. The highest BCUT2D eigenvalue weighted by molar-refractivity contribution is 5.27. The van der Waals surface area contributed by atoms with Crippen LogP contribution >= 0.6 is 0 Å². The van der Waals surface area contributed by atoms with Gasteiger partial charge in [-0.3, -0.25) is 0 Å². The van der Waals surface area contributed by atoms with Crippen molar-refractivity contribution in [3.8, 4) is 5.75 Å². The first-order valence-electron chi connectivity index (χ1n) is 6.21. The Morgan fingerprint density at radius 1 is 1.12 bits per heavy atom. The van der Waals surface area contributed by atoms with Crippen LogP contribution in [0.25, 0.3) is 0 Å². The Morgan fingerprint density at radius 3 is 2.41 bits per heavy atom. The van der Waals surface area contributed by atoms with E-state index in [1.807, 2.05) is 12.1 Å². The van der Waals surface area contributed by atoms with Crippen LogP contribution in [0.15, 0.2) is 24.3 Å². The maximum absolute atomic E-state index is 5.13. The SMILES string of the molecule is COc1ccc(CCCNCCN(C)C)cc1. The van der Waals surface area contributed by atoms with Crippen molar-refractivity contribution in [2.24, 2.45) is 0 Å². The smallest absolute Gasteiger partial charge is 0.118 e. The lowest BCUT2D eigenvalue weighted by atomic mass is 10.1. The molecule has 1 aromatic carbocycles. The van der Waals surface area contributed by atoms with Crippen LogP contribution in [-0.4, -0.2) is 45.7 Å². The van der Waals surface area contributed by atoms with Crippen LogP contribution in [0.2, 0.25) is 0 Å². The van der Waals surface area contributed by atoms with Gasteiger partial charge in [0.2, 0.25) is 0 Å². The predicted molar refractivity (Wildman–Crippen MR) is 72.7 cm³/mol. The fourth-order valence-corrected chi connectivity index (χ4v) is 1.64. The molecule has 0 aromatic heterocycles. The summed E-state index contributed by atoms with van der Waals surface area (Å²) in [5, 5.41) is 3.44. The highest BCUT2D eigenvalue weighted by atomic mass is 16.5. The van der Waals surface area contributed by atoms with Gasteiger partial charge in [-0.05, 0) is 51.2 Å². The van der Waals surface area contributed by atoms with E-state index in [1.54, 1.807) is 7.11 Å². The average molecular weight is 236 g/mol. The lowest BCUT2D eigenvalue weighted by molar-refractivity contribution is 0.399. The molecular formula is C14H24N2O. The molecule has 0 bridgehead atoms. The summed E-state index contributed by atoms with van der Waals surface area (Å²) in [5.74, 6) is 0.929. The van der Waals surface area contributed by atoms with Gasteiger partial charge in [-0.1, -0.05) is 12.1 Å². The van der Waals surface area contributed by atoms with E-state index in [9.17, 15) is 0 Å². The molecular weight excluding hydrogens is 212 g/mol. The Hall–Kier alpha value is -1.06. The third-order valence-electron chi connectivity index (χ3n) is 2.71. The molecule has 96 valence electrons. The van der Waals surface area contributed by atoms with Crippen molar-refractivity contribution in [3.05, 3.63) is 29.8 Å². The lowest BCUT2D eigenvalue weighted by Gasteiger charge is -2.10. The summed E-state index contributed by atoms with van der Waals surface area (Å²) in [6, 6.07) is 8.32. The Balaban J connectivity index is 2.09. The van der Waals surface area contributed by atoms with E-state index in [-0.39, 0.29) is 0 Å². The third kappa shape index (κ3) is 6.29. The highest BCUT2D eigenvalue weighted by Crippen LogP contribution is 2.12. The number of ether oxygens (including phenoxy) is 1.